The lowest BCUT2D eigenvalue weighted by molar-refractivity contribution is 0.442. The van der Waals surface area contributed by atoms with Gasteiger partial charge in [-0.25, -0.2) is 0 Å². The Balaban J connectivity index is 2.44. The van der Waals surface area contributed by atoms with E-state index in [1.807, 2.05) is 13.8 Å². The van der Waals surface area contributed by atoms with E-state index in [1.54, 1.807) is 0 Å². The molecule has 0 unspecified atom stereocenters. The third kappa shape index (κ3) is 4.87. The molecule has 0 amide bonds. The lowest BCUT2D eigenvalue weighted by atomic mass is 9.86. The predicted molar refractivity (Wildman–Crippen MR) is 88.7 cm³/mol. The van der Waals surface area contributed by atoms with Crippen LogP contribution in [0.15, 0.2) is 18.2 Å². The van der Waals surface area contributed by atoms with Gasteiger partial charge in [0.2, 0.25) is 0 Å². The summed E-state index contributed by atoms with van der Waals surface area (Å²) in [5, 5.41) is 7.57. The van der Waals surface area contributed by atoms with Crippen LogP contribution in [0.3, 0.4) is 0 Å². The largest absolute Gasteiger partial charge is 0.387 e. The van der Waals surface area contributed by atoms with Gasteiger partial charge in [-0.3, -0.25) is 5.41 Å². The molecular weight excluding hydrogens is 246 g/mol. The summed E-state index contributed by atoms with van der Waals surface area (Å²) < 4.78 is 0. The summed E-state index contributed by atoms with van der Waals surface area (Å²) in [6.45, 7) is 9.41. The molecule has 0 atom stereocenters. The van der Waals surface area contributed by atoms with E-state index in [0.717, 1.165) is 25.8 Å². The first-order chi connectivity index (χ1) is 9.22. The third-order valence-corrected chi connectivity index (χ3v) is 3.92. The standard InChI is InChI=1S/C17H29N3/c1-13-10-14(2)12-15(11-13)20(5)9-7-6-8-17(3,4)16(18)19/h10-12H,6-9H2,1-5H3,(H3,18,19). The summed E-state index contributed by atoms with van der Waals surface area (Å²) in [7, 11) is 2.14. The average Bonchev–Trinajstić information content (AvgIpc) is 2.33. The van der Waals surface area contributed by atoms with Gasteiger partial charge in [0.15, 0.2) is 0 Å². The van der Waals surface area contributed by atoms with E-state index >= 15 is 0 Å². The summed E-state index contributed by atoms with van der Waals surface area (Å²) in [5.41, 5.74) is 9.35. The van der Waals surface area contributed by atoms with Crippen LogP contribution in [0.5, 0.6) is 0 Å². The first-order valence-corrected chi connectivity index (χ1v) is 7.36. The monoisotopic (exact) mass is 275 g/mol. The fourth-order valence-corrected chi connectivity index (χ4v) is 2.35. The Morgan fingerprint density at radius 3 is 2.20 bits per heavy atom. The van der Waals surface area contributed by atoms with Crippen molar-refractivity contribution in [1.29, 1.82) is 5.41 Å². The van der Waals surface area contributed by atoms with Crippen LogP contribution in [-0.2, 0) is 0 Å². The zero-order valence-corrected chi connectivity index (χ0v) is 13.6. The second-order valence-corrected chi connectivity index (χ2v) is 6.52. The van der Waals surface area contributed by atoms with Crippen LogP contribution in [-0.4, -0.2) is 19.4 Å². The Hall–Kier alpha value is -1.51. The summed E-state index contributed by atoms with van der Waals surface area (Å²) in [4.78, 5) is 2.31. The predicted octanol–water partition coefficient (Wildman–Crippen LogP) is 3.87. The van der Waals surface area contributed by atoms with Crippen molar-refractivity contribution >= 4 is 11.5 Å². The molecule has 0 aliphatic carbocycles. The van der Waals surface area contributed by atoms with E-state index in [4.69, 9.17) is 11.1 Å². The van der Waals surface area contributed by atoms with E-state index in [-0.39, 0.29) is 5.41 Å². The number of unbranched alkanes of at least 4 members (excludes halogenated alkanes) is 1. The molecule has 112 valence electrons. The summed E-state index contributed by atoms with van der Waals surface area (Å²) in [6.07, 6.45) is 3.20. The fraction of sp³-hybridized carbons (Fsp3) is 0.588. The SMILES string of the molecule is Cc1cc(C)cc(N(C)CCCCC(C)(C)C(=N)N)c1. The van der Waals surface area contributed by atoms with Gasteiger partial charge in [-0.05, 0) is 49.9 Å². The Morgan fingerprint density at radius 1 is 1.15 bits per heavy atom. The maximum absolute atomic E-state index is 7.57. The minimum absolute atomic E-state index is 0.168. The number of hydrogen-bond acceptors (Lipinski definition) is 2. The van der Waals surface area contributed by atoms with Gasteiger partial charge < -0.3 is 10.6 Å². The molecule has 3 heteroatoms. The molecule has 0 heterocycles. The van der Waals surface area contributed by atoms with Crippen LogP contribution in [0.25, 0.3) is 0 Å². The van der Waals surface area contributed by atoms with Crippen molar-refractivity contribution in [3.8, 4) is 0 Å². The van der Waals surface area contributed by atoms with E-state index in [1.165, 1.54) is 16.8 Å². The Labute approximate surface area is 123 Å². The number of rotatable bonds is 7. The van der Waals surface area contributed by atoms with Crippen LogP contribution in [0.2, 0.25) is 0 Å². The van der Waals surface area contributed by atoms with Gasteiger partial charge in [-0.2, -0.15) is 0 Å². The zero-order chi connectivity index (χ0) is 15.3. The topological polar surface area (TPSA) is 53.1 Å². The molecule has 0 aromatic heterocycles. The molecule has 1 rings (SSSR count). The number of benzene rings is 1. The number of nitrogens with one attached hydrogen (secondary N) is 1. The van der Waals surface area contributed by atoms with E-state index < -0.39 is 0 Å². The highest BCUT2D eigenvalue weighted by Crippen LogP contribution is 2.23. The molecule has 1 aromatic rings. The smallest absolute Gasteiger partial charge is 0.0963 e. The Bertz CT molecular complexity index is 443. The minimum atomic E-state index is -0.168. The minimum Gasteiger partial charge on any atom is -0.387 e. The van der Waals surface area contributed by atoms with Gasteiger partial charge in [-0.15, -0.1) is 0 Å². The van der Waals surface area contributed by atoms with Gasteiger partial charge in [0.1, 0.15) is 0 Å². The molecule has 0 aliphatic heterocycles. The van der Waals surface area contributed by atoms with Crippen molar-refractivity contribution in [3.05, 3.63) is 29.3 Å². The van der Waals surface area contributed by atoms with Gasteiger partial charge in [0.25, 0.3) is 0 Å². The average molecular weight is 275 g/mol. The second kappa shape index (κ2) is 6.78. The summed E-state index contributed by atoms with van der Waals surface area (Å²) in [6, 6.07) is 6.66. The summed E-state index contributed by atoms with van der Waals surface area (Å²) in [5.74, 6) is 0.292. The van der Waals surface area contributed by atoms with Crippen LogP contribution in [0, 0.1) is 24.7 Å². The molecule has 3 N–H and O–H groups in total. The molecule has 0 saturated heterocycles. The Morgan fingerprint density at radius 2 is 1.70 bits per heavy atom. The van der Waals surface area contributed by atoms with Crippen LogP contribution in [0.4, 0.5) is 5.69 Å². The van der Waals surface area contributed by atoms with Crippen molar-refractivity contribution in [2.75, 3.05) is 18.5 Å². The first-order valence-electron chi connectivity index (χ1n) is 7.36. The second-order valence-electron chi connectivity index (χ2n) is 6.52. The lowest BCUT2D eigenvalue weighted by Gasteiger charge is -2.24. The van der Waals surface area contributed by atoms with Crippen molar-refractivity contribution in [2.45, 2.75) is 47.0 Å². The van der Waals surface area contributed by atoms with E-state index in [0.29, 0.717) is 5.84 Å². The molecule has 0 bridgehead atoms. The fourth-order valence-electron chi connectivity index (χ4n) is 2.35. The maximum atomic E-state index is 7.57. The molecule has 20 heavy (non-hydrogen) atoms. The summed E-state index contributed by atoms with van der Waals surface area (Å²) >= 11 is 0. The quantitative estimate of drug-likeness (QED) is 0.451. The maximum Gasteiger partial charge on any atom is 0.0963 e. The van der Waals surface area contributed by atoms with E-state index in [2.05, 4.69) is 44.0 Å². The zero-order valence-electron chi connectivity index (χ0n) is 13.6. The van der Waals surface area contributed by atoms with Gasteiger partial charge >= 0.3 is 0 Å². The van der Waals surface area contributed by atoms with Gasteiger partial charge in [-0.1, -0.05) is 26.3 Å². The van der Waals surface area contributed by atoms with Crippen LogP contribution < -0.4 is 10.6 Å². The first kappa shape index (κ1) is 16.5. The van der Waals surface area contributed by atoms with Crippen LogP contribution in [0.1, 0.15) is 44.2 Å². The molecule has 3 nitrogen and oxygen atoms in total. The highest BCUT2D eigenvalue weighted by molar-refractivity contribution is 5.82. The Kier molecular flexibility index (Phi) is 5.61. The van der Waals surface area contributed by atoms with Crippen molar-refractivity contribution in [3.63, 3.8) is 0 Å². The number of nitrogens with zero attached hydrogens (tertiary/aromatic N) is 1. The van der Waals surface area contributed by atoms with Crippen molar-refractivity contribution < 1.29 is 0 Å². The molecule has 1 aromatic carbocycles. The van der Waals surface area contributed by atoms with Gasteiger partial charge in [0, 0.05) is 24.7 Å². The van der Waals surface area contributed by atoms with Gasteiger partial charge in [0.05, 0.1) is 5.84 Å². The lowest BCUT2D eigenvalue weighted by Crippen LogP contribution is -2.31. The molecular formula is C17H29N3. The van der Waals surface area contributed by atoms with Crippen LogP contribution >= 0.6 is 0 Å². The van der Waals surface area contributed by atoms with Crippen molar-refractivity contribution in [1.82, 2.24) is 0 Å². The number of amidine groups is 1. The molecule has 0 aliphatic rings. The molecule has 0 saturated carbocycles. The molecule has 0 fully saturated rings. The van der Waals surface area contributed by atoms with E-state index in [9.17, 15) is 0 Å². The highest BCUT2D eigenvalue weighted by Gasteiger charge is 2.20. The molecule has 0 radical (unpaired) electrons. The number of hydrogen-bond donors (Lipinski definition) is 2. The highest BCUT2D eigenvalue weighted by atomic mass is 15.1. The number of nitrogens with two attached hydrogens (primary N) is 1. The number of anilines is 1. The third-order valence-electron chi connectivity index (χ3n) is 3.92. The molecule has 0 spiro atoms. The normalized spacial score (nSPS) is 11.4. The van der Waals surface area contributed by atoms with Crippen molar-refractivity contribution in [2.24, 2.45) is 11.1 Å². The number of aryl methyl sites for hydroxylation is 2.